The minimum Gasteiger partial charge on any atom is -0.497 e. The molecule has 1 saturated heterocycles. The number of rotatable bonds is 4. The minimum atomic E-state index is -0.372. The molecule has 1 aliphatic rings. The first-order chi connectivity index (χ1) is 11.7. The molecule has 2 heterocycles. The summed E-state index contributed by atoms with van der Waals surface area (Å²) in [5.74, 6) is 1.17. The summed E-state index contributed by atoms with van der Waals surface area (Å²) >= 11 is 0. The summed E-state index contributed by atoms with van der Waals surface area (Å²) in [5, 5.41) is 5.45. The fraction of sp³-hybridized carbons (Fsp3) is 0.235. The smallest absolute Gasteiger partial charge is 0.320 e. The third-order valence-corrected chi connectivity index (χ3v) is 3.75. The fourth-order valence-corrected chi connectivity index (χ4v) is 2.59. The summed E-state index contributed by atoms with van der Waals surface area (Å²) in [7, 11) is 1.59. The summed E-state index contributed by atoms with van der Waals surface area (Å²) in [5.41, 5.74) is 0.787. The van der Waals surface area contributed by atoms with Gasteiger partial charge in [-0.2, -0.15) is 0 Å². The van der Waals surface area contributed by atoms with Gasteiger partial charge in [-0.05, 0) is 36.4 Å². The molecule has 2 N–H and O–H groups in total. The van der Waals surface area contributed by atoms with E-state index in [1.165, 1.54) is 0 Å². The Labute approximate surface area is 139 Å². The summed E-state index contributed by atoms with van der Waals surface area (Å²) in [6.45, 7) is 0.431. The van der Waals surface area contributed by atoms with E-state index in [0.717, 1.165) is 11.4 Å². The van der Waals surface area contributed by atoms with Crippen molar-refractivity contribution in [2.24, 2.45) is 0 Å². The molecule has 0 bridgehead atoms. The summed E-state index contributed by atoms with van der Waals surface area (Å²) in [4.78, 5) is 29.9. The van der Waals surface area contributed by atoms with Gasteiger partial charge in [-0.1, -0.05) is 6.07 Å². The van der Waals surface area contributed by atoms with Crippen LogP contribution in [0.2, 0.25) is 0 Å². The van der Waals surface area contributed by atoms with E-state index < -0.39 is 0 Å². The predicted molar refractivity (Wildman–Crippen MR) is 90.1 cm³/mol. The summed E-state index contributed by atoms with van der Waals surface area (Å²) < 4.78 is 5.11. The quantitative estimate of drug-likeness (QED) is 0.900. The van der Waals surface area contributed by atoms with Crippen molar-refractivity contribution in [3.8, 4) is 5.75 Å². The molecule has 3 amide bonds. The number of carbonyl (C=O) groups is 2. The van der Waals surface area contributed by atoms with Gasteiger partial charge in [-0.15, -0.1) is 0 Å². The zero-order valence-corrected chi connectivity index (χ0v) is 13.2. The van der Waals surface area contributed by atoms with Crippen molar-refractivity contribution >= 4 is 23.4 Å². The van der Waals surface area contributed by atoms with Crippen LogP contribution >= 0.6 is 0 Å². The third-order valence-electron chi connectivity index (χ3n) is 3.75. The topological polar surface area (TPSA) is 83.6 Å². The molecule has 3 rings (SSSR count). The first-order valence-electron chi connectivity index (χ1n) is 7.58. The van der Waals surface area contributed by atoms with Gasteiger partial charge in [0, 0.05) is 24.8 Å². The van der Waals surface area contributed by atoms with E-state index in [9.17, 15) is 9.59 Å². The fourth-order valence-electron chi connectivity index (χ4n) is 2.59. The van der Waals surface area contributed by atoms with Crippen LogP contribution in [0.5, 0.6) is 5.75 Å². The van der Waals surface area contributed by atoms with E-state index in [2.05, 4.69) is 15.6 Å². The Bertz CT molecular complexity index is 718. The van der Waals surface area contributed by atoms with Gasteiger partial charge in [0.15, 0.2) is 0 Å². The molecular formula is C17H18N4O3. The second-order valence-corrected chi connectivity index (χ2v) is 5.42. The van der Waals surface area contributed by atoms with E-state index in [-0.39, 0.29) is 24.4 Å². The van der Waals surface area contributed by atoms with Crippen LogP contribution in [-0.2, 0) is 4.79 Å². The van der Waals surface area contributed by atoms with Crippen LogP contribution in [0.25, 0.3) is 0 Å². The van der Waals surface area contributed by atoms with Crippen LogP contribution in [0.4, 0.5) is 16.3 Å². The Morgan fingerprint density at radius 3 is 2.71 bits per heavy atom. The van der Waals surface area contributed by atoms with Crippen molar-refractivity contribution in [2.45, 2.75) is 12.5 Å². The number of benzene rings is 1. The highest BCUT2D eigenvalue weighted by Crippen LogP contribution is 2.24. The van der Waals surface area contributed by atoms with Crippen molar-refractivity contribution in [1.82, 2.24) is 10.3 Å². The molecule has 1 aliphatic heterocycles. The van der Waals surface area contributed by atoms with Crippen molar-refractivity contribution in [1.29, 1.82) is 0 Å². The van der Waals surface area contributed by atoms with E-state index in [4.69, 9.17) is 4.74 Å². The second-order valence-electron chi connectivity index (χ2n) is 5.42. The molecule has 0 spiro atoms. The number of methoxy groups -OCH3 is 1. The Balaban J connectivity index is 1.59. The van der Waals surface area contributed by atoms with Crippen LogP contribution in [0, 0.1) is 0 Å². The van der Waals surface area contributed by atoms with E-state index >= 15 is 0 Å². The first kappa shape index (κ1) is 15.8. The Hall–Kier alpha value is -3.09. The Kier molecular flexibility index (Phi) is 4.60. The lowest BCUT2D eigenvalue weighted by atomic mass is 10.2. The monoisotopic (exact) mass is 326 g/mol. The lowest BCUT2D eigenvalue weighted by molar-refractivity contribution is -0.117. The van der Waals surface area contributed by atoms with Crippen LogP contribution < -0.4 is 20.3 Å². The van der Waals surface area contributed by atoms with Crippen molar-refractivity contribution < 1.29 is 14.3 Å². The molecule has 1 fully saturated rings. The molecule has 24 heavy (non-hydrogen) atoms. The van der Waals surface area contributed by atoms with Gasteiger partial charge in [-0.3, -0.25) is 10.1 Å². The van der Waals surface area contributed by atoms with Crippen molar-refractivity contribution in [3.05, 3.63) is 48.7 Å². The highest BCUT2D eigenvalue weighted by molar-refractivity contribution is 5.97. The maximum atomic E-state index is 12.2. The number of nitrogens with zero attached hydrogens (tertiary/aromatic N) is 2. The van der Waals surface area contributed by atoms with Crippen molar-refractivity contribution in [2.75, 3.05) is 23.9 Å². The molecule has 7 heteroatoms. The summed E-state index contributed by atoms with van der Waals surface area (Å²) in [6, 6.07) is 11.9. The van der Waals surface area contributed by atoms with E-state index in [1.54, 1.807) is 48.5 Å². The number of anilines is 2. The van der Waals surface area contributed by atoms with Gasteiger partial charge in [0.25, 0.3) is 0 Å². The van der Waals surface area contributed by atoms with Crippen LogP contribution in [0.1, 0.15) is 6.42 Å². The number of ether oxygens (including phenoxy) is 1. The zero-order chi connectivity index (χ0) is 16.9. The first-order valence-corrected chi connectivity index (χ1v) is 7.58. The highest BCUT2D eigenvalue weighted by Gasteiger charge is 2.31. The summed E-state index contributed by atoms with van der Waals surface area (Å²) in [6.07, 6.45) is 1.86. The molecule has 1 aromatic heterocycles. The average molecular weight is 326 g/mol. The highest BCUT2D eigenvalue weighted by atomic mass is 16.5. The molecule has 0 saturated carbocycles. The van der Waals surface area contributed by atoms with E-state index in [0.29, 0.717) is 12.4 Å². The number of amides is 3. The van der Waals surface area contributed by atoms with Gasteiger partial charge >= 0.3 is 6.03 Å². The van der Waals surface area contributed by atoms with E-state index in [1.807, 2.05) is 12.1 Å². The van der Waals surface area contributed by atoms with Crippen LogP contribution in [0.15, 0.2) is 48.7 Å². The number of hydrogen-bond donors (Lipinski definition) is 2. The Morgan fingerprint density at radius 1 is 1.25 bits per heavy atom. The van der Waals surface area contributed by atoms with Gasteiger partial charge < -0.3 is 15.0 Å². The number of hydrogen-bond acceptors (Lipinski definition) is 4. The van der Waals surface area contributed by atoms with Crippen molar-refractivity contribution in [3.63, 3.8) is 0 Å². The number of urea groups is 1. The molecule has 1 atom stereocenters. The minimum absolute atomic E-state index is 0.0247. The van der Waals surface area contributed by atoms with Crippen LogP contribution in [-0.4, -0.2) is 36.6 Å². The molecule has 124 valence electrons. The molecule has 2 aromatic rings. The number of carbonyl (C=O) groups excluding carboxylic acids is 2. The molecular weight excluding hydrogens is 308 g/mol. The Morgan fingerprint density at radius 2 is 2.04 bits per heavy atom. The molecule has 0 aliphatic carbocycles. The van der Waals surface area contributed by atoms with Gasteiger partial charge in [0.05, 0.1) is 13.2 Å². The number of nitrogens with one attached hydrogen (secondary N) is 2. The number of aromatic nitrogens is 1. The van der Waals surface area contributed by atoms with Crippen LogP contribution in [0.3, 0.4) is 0 Å². The average Bonchev–Trinajstić information content (AvgIpc) is 2.96. The maximum absolute atomic E-state index is 12.2. The number of pyridine rings is 1. The van der Waals surface area contributed by atoms with Gasteiger partial charge in [-0.25, -0.2) is 9.78 Å². The molecule has 1 unspecified atom stereocenters. The maximum Gasteiger partial charge on any atom is 0.320 e. The third kappa shape index (κ3) is 3.62. The molecule has 1 aromatic carbocycles. The van der Waals surface area contributed by atoms with Gasteiger partial charge in [0.1, 0.15) is 11.6 Å². The SMILES string of the molecule is COc1ccc(N2CC(NC(=O)Nc3ccccn3)CC2=O)cc1. The zero-order valence-electron chi connectivity index (χ0n) is 13.2. The lowest BCUT2D eigenvalue weighted by Crippen LogP contribution is -2.39. The van der Waals surface area contributed by atoms with Gasteiger partial charge in [0.2, 0.25) is 5.91 Å². The standard InChI is InChI=1S/C17H18N4O3/c1-24-14-7-5-13(6-8-14)21-11-12(10-16(21)22)19-17(23)20-15-4-2-3-9-18-15/h2-9,12H,10-11H2,1H3,(H2,18,19,20,23). The normalized spacial score (nSPS) is 16.8. The second kappa shape index (κ2) is 6.99. The largest absolute Gasteiger partial charge is 0.497 e. The predicted octanol–water partition coefficient (Wildman–Crippen LogP) is 2.02. The molecule has 7 nitrogen and oxygen atoms in total. The molecule has 0 radical (unpaired) electrons. The lowest BCUT2D eigenvalue weighted by Gasteiger charge is -2.17.